The third-order valence-corrected chi connectivity index (χ3v) is 2.48. The quantitative estimate of drug-likeness (QED) is 0.828. The van der Waals surface area contributed by atoms with E-state index in [4.69, 9.17) is 5.73 Å². The molecule has 0 radical (unpaired) electrons. The van der Waals surface area contributed by atoms with E-state index in [2.05, 4.69) is 23.9 Å². The predicted molar refractivity (Wildman–Crippen MR) is 66.1 cm³/mol. The fraction of sp³-hybridized carbons (Fsp3) is 0.833. The minimum absolute atomic E-state index is 0.135. The Morgan fingerprint density at radius 1 is 1.38 bits per heavy atom. The van der Waals surface area contributed by atoms with Gasteiger partial charge in [0.2, 0.25) is 0 Å². The minimum Gasteiger partial charge on any atom is -0.326 e. The van der Waals surface area contributed by atoms with Gasteiger partial charge >= 0.3 is 0 Å². The monoisotopic (exact) mass is 224 g/mol. The highest BCUT2D eigenvalue weighted by atomic mass is 15.3. The molecule has 0 atom stereocenters. The molecule has 1 rings (SSSR count). The molecule has 0 aliphatic rings. The van der Waals surface area contributed by atoms with Crippen molar-refractivity contribution in [1.29, 1.82) is 0 Å². The van der Waals surface area contributed by atoms with Gasteiger partial charge in [-0.05, 0) is 26.2 Å². The number of nitrogens with zero attached hydrogens (tertiary/aromatic N) is 3. The van der Waals surface area contributed by atoms with Crippen molar-refractivity contribution in [1.82, 2.24) is 14.8 Å². The molecular formula is C12H24N4. The van der Waals surface area contributed by atoms with E-state index in [0.717, 1.165) is 30.9 Å². The van der Waals surface area contributed by atoms with Crippen LogP contribution < -0.4 is 5.73 Å². The number of hydrogen-bond donors (Lipinski definition) is 1. The second kappa shape index (κ2) is 4.95. The van der Waals surface area contributed by atoms with Crippen LogP contribution in [-0.2, 0) is 19.9 Å². The number of aryl methyl sites for hydroxylation is 2. The lowest BCUT2D eigenvalue weighted by atomic mass is 10.00. The standard InChI is InChI=1S/C12H24N4/c1-9(2)8-10-14-11(16(5)15-10)6-7-12(3,4)13/h9H,6-8,13H2,1-5H3. The number of aromatic nitrogens is 3. The molecule has 0 aliphatic carbocycles. The summed E-state index contributed by atoms with van der Waals surface area (Å²) in [6.45, 7) is 8.44. The molecule has 0 saturated heterocycles. The van der Waals surface area contributed by atoms with E-state index in [-0.39, 0.29) is 5.54 Å². The largest absolute Gasteiger partial charge is 0.326 e. The summed E-state index contributed by atoms with van der Waals surface area (Å²) < 4.78 is 1.88. The summed E-state index contributed by atoms with van der Waals surface area (Å²) in [6, 6.07) is 0. The van der Waals surface area contributed by atoms with E-state index in [1.54, 1.807) is 0 Å². The van der Waals surface area contributed by atoms with E-state index in [1.807, 2.05) is 25.6 Å². The van der Waals surface area contributed by atoms with Crippen molar-refractivity contribution >= 4 is 0 Å². The topological polar surface area (TPSA) is 56.7 Å². The summed E-state index contributed by atoms with van der Waals surface area (Å²) in [5.74, 6) is 2.58. The second-order valence-electron chi connectivity index (χ2n) is 5.65. The molecule has 0 aromatic carbocycles. The van der Waals surface area contributed by atoms with Gasteiger partial charge in [-0.25, -0.2) is 4.98 Å². The van der Waals surface area contributed by atoms with E-state index in [0.29, 0.717) is 5.92 Å². The van der Waals surface area contributed by atoms with Crippen LogP contribution in [0.5, 0.6) is 0 Å². The Hall–Kier alpha value is -0.900. The SMILES string of the molecule is CC(C)Cc1nc(CCC(C)(C)N)n(C)n1. The van der Waals surface area contributed by atoms with Crippen molar-refractivity contribution in [2.24, 2.45) is 18.7 Å². The Morgan fingerprint density at radius 2 is 2.00 bits per heavy atom. The first kappa shape index (κ1) is 13.2. The van der Waals surface area contributed by atoms with Gasteiger partial charge in [0.25, 0.3) is 0 Å². The number of nitrogens with two attached hydrogens (primary N) is 1. The third kappa shape index (κ3) is 4.31. The van der Waals surface area contributed by atoms with E-state index in [9.17, 15) is 0 Å². The van der Waals surface area contributed by atoms with Crippen molar-refractivity contribution in [3.63, 3.8) is 0 Å². The van der Waals surface area contributed by atoms with Gasteiger partial charge in [0.15, 0.2) is 5.82 Å². The van der Waals surface area contributed by atoms with Crippen LogP contribution >= 0.6 is 0 Å². The van der Waals surface area contributed by atoms with Gasteiger partial charge in [-0.3, -0.25) is 4.68 Å². The summed E-state index contributed by atoms with van der Waals surface area (Å²) in [5, 5.41) is 4.42. The van der Waals surface area contributed by atoms with Crippen LogP contribution in [0.1, 0.15) is 45.8 Å². The Balaban J connectivity index is 2.63. The average molecular weight is 224 g/mol. The maximum atomic E-state index is 5.96. The normalized spacial score (nSPS) is 12.4. The smallest absolute Gasteiger partial charge is 0.151 e. The Kier molecular flexibility index (Phi) is 4.08. The van der Waals surface area contributed by atoms with Gasteiger partial charge in [-0.15, -0.1) is 0 Å². The zero-order valence-corrected chi connectivity index (χ0v) is 11.1. The molecule has 0 bridgehead atoms. The summed E-state index contributed by atoms with van der Waals surface area (Å²) in [6.07, 6.45) is 2.77. The fourth-order valence-electron chi connectivity index (χ4n) is 1.58. The van der Waals surface area contributed by atoms with Crippen molar-refractivity contribution < 1.29 is 0 Å². The van der Waals surface area contributed by atoms with E-state index in [1.165, 1.54) is 0 Å². The highest BCUT2D eigenvalue weighted by Gasteiger charge is 2.14. The van der Waals surface area contributed by atoms with Crippen molar-refractivity contribution in [3.05, 3.63) is 11.6 Å². The lowest BCUT2D eigenvalue weighted by Crippen LogP contribution is -2.32. The first-order valence-corrected chi connectivity index (χ1v) is 5.95. The van der Waals surface area contributed by atoms with Gasteiger partial charge in [0.05, 0.1) is 0 Å². The Bertz CT molecular complexity index is 333. The van der Waals surface area contributed by atoms with Crippen LogP contribution in [0, 0.1) is 5.92 Å². The maximum Gasteiger partial charge on any atom is 0.151 e. The van der Waals surface area contributed by atoms with Crippen LogP contribution in [0.15, 0.2) is 0 Å². The molecule has 4 nitrogen and oxygen atoms in total. The summed E-state index contributed by atoms with van der Waals surface area (Å²) in [7, 11) is 1.95. The first-order valence-electron chi connectivity index (χ1n) is 5.95. The van der Waals surface area contributed by atoms with Crippen LogP contribution in [0.25, 0.3) is 0 Å². The molecule has 4 heteroatoms. The highest BCUT2D eigenvalue weighted by Crippen LogP contribution is 2.10. The summed E-state index contributed by atoms with van der Waals surface area (Å²) >= 11 is 0. The predicted octanol–water partition coefficient (Wildman–Crippen LogP) is 1.68. The van der Waals surface area contributed by atoms with Crippen LogP contribution in [0.3, 0.4) is 0 Å². The van der Waals surface area contributed by atoms with E-state index >= 15 is 0 Å². The maximum absolute atomic E-state index is 5.96. The lowest BCUT2D eigenvalue weighted by molar-refractivity contribution is 0.465. The molecule has 0 unspecified atom stereocenters. The zero-order valence-electron chi connectivity index (χ0n) is 11.1. The molecule has 0 spiro atoms. The molecule has 1 heterocycles. The fourth-order valence-corrected chi connectivity index (χ4v) is 1.58. The molecule has 2 N–H and O–H groups in total. The van der Waals surface area contributed by atoms with Gasteiger partial charge < -0.3 is 5.73 Å². The highest BCUT2D eigenvalue weighted by molar-refractivity contribution is 4.95. The molecule has 1 aromatic heterocycles. The third-order valence-electron chi connectivity index (χ3n) is 2.48. The first-order chi connectivity index (χ1) is 7.28. The number of hydrogen-bond acceptors (Lipinski definition) is 3. The minimum atomic E-state index is -0.135. The van der Waals surface area contributed by atoms with Gasteiger partial charge in [0, 0.05) is 25.4 Å². The van der Waals surface area contributed by atoms with Crippen LogP contribution in [-0.4, -0.2) is 20.3 Å². The second-order valence-corrected chi connectivity index (χ2v) is 5.65. The number of rotatable bonds is 5. The molecule has 1 aromatic rings. The molecule has 0 amide bonds. The van der Waals surface area contributed by atoms with Crippen molar-refractivity contribution in [2.75, 3.05) is 0 Å². The molecule has 0 fully saturated rings. The van der Waals surface area contributed by atoms with Crippen LogP contribution in [0.2, 0.25) is 0 Å². The van der Waals surface area contributed by atoms with E-state index < -0.39 is 0 Å². The lowest BCUT2D eigenvalue weighted by Gasteiger charge is -2.17. The summed E-state index contributed by atoms with van der Waals surface area (Å²) in [5.41, 5.74) is 5.83. The van der Waals surface area contributed by atoms with Crippen molar-refractivity contribution in [3.8, 4) is 0 Å². The molecule has 16 heavy (non-hydrogen) atoms. The summed E-state index contributed by atoms with van der Waals surface area (Å²) in [4.78, 5) is 4.55. The molecule has 92 valence electrons. The zero-order chi connectivity index (χ0) is 12.3. The Morgan fingerprint density at radius 3 is 2.50 bits per heavy atom. The van der Waals surface area contributed by atoms with Gasteiger partial charge in [-0.2, -0.15) is 5.10 Å². The molecular weight excluding hydrogens is 200 g/mol. The molecule has 0 aliphatic heterocycles. The van der Waals surface area contributed by atoms with Gasteiger partial charge in [-0.1, -0.05) is 13.8 Å². The average Bonchev–Trinajstić information content (AvgIpc) is 2.40. The molecule has 0 saturated carbocycles. The van der Waals surface area contributed by atoms with Crippen LogP contribution in [0.4, 0.5) is 0 Å². The van der Waals surface area contributed by atoms with Crippen molar-refractivity contribution in [2.45, 2.75) is 52.5 Å². The van der Waals surface area contributed by atoms with Gasteiger partial charge in [0.1, 0.15) is 5.82 Å². The Labute approximate surface area is 98.2 Å².